The van der Waals surface area contributed by atoms with Crippen molar-refractivity contribution >= 4 is 49.8 Å². The molecule has 2 nitrogen and oxygen atoms in total. The summed E-state index contributed by atoms with van der Waals surface area (Å²) in [6.07, 6.45) is 9.19. The zero-order valence-corrected chi connectivity index (χ0v) is 24.1. The Labute approximate surface area is 254 Å². The molecule has 0 fully saturated rings. The molecule has 1 aliphatic carbocycles. The first-order valence-electron chi connectivity index (χ1n) is 14.7. The van der Waals surface area contributed by atoms with Crippen LogP contribution in [0.15, 0.2) is 151 Å². The Morgan fingerprint density at radius 3 is 2.28 bits per heavy atom. The molecule has 3 heterocycles. The van der Waals surface area contributed by atoms with Crippen LogP contribution in [0.5, 0.6) is 0 Å². The molecule has 5 aromatic carbocycles. The maximum Gasteiger partial charge on any atom is 0.0788 e. The summed E-state index contributed by atoms with van der Waals surface area (Å²) in [5, 5.41) is 6.53. The summed E-state index contributed by atoms with van der Waals surface area (Å²) in [5.41, 5.74) is 9.32. The van der Waals surface area contributed by atoms with Crippen LogP contribution < -0.4 is 0 Å². The number of rotatable bonds is 3. The second-order valence-corrected chi connectivity index (χ2v) is 12.5. The van der Waals surface area contributed by atoms with E-state index in [1.165, 1.54) is 43.1 Å². The molecule has 0 radical (unpaired) electrons. The minimum absolute atomic E-state index is 0.325. The average Bonchev–Trinajstić information content (AvgIpc) is 3.46. The van der Waals surface area contributed by atoms with E-state index in [1.807, 2.05) is 24.0 Å². The van der Waals surface area contributed by atoms with Crippen LogP contribution in [0, 0.1) is 0 Å². The van der Waals surface area contributed by atoms with E-state index in [2.05, 4.69) is 133 Å². The summed E-state index contributed by atoms with van der Waals surface area (Å²) in [5.74, 6) is 0.325. The minimum atomic E-state index is 0.325. The third-order valence-electron chi connectivity index (χ3n) is 8.81. The summed E-state index contributed by atoms with van der Waals surface area (Å²) in [6, 6.07) is 43.1. The molecule has 0 spiro atoms. The van der Waals surface area contributed by atoms with E-state index >= 15 is 0 Å². The highest BCUT2D eigenvalue weighted by molar-refractivity contribution is 8.00. The molecular formula is C40H26N2S. The van der Waals surface area contributed by atoms with Gasteiger partial charge in [-0.3, -0.25) is 4.98 Å². The quantitative estimate of drug-likeness (QED) is 0.199. The Balaban J connectivity index is 1.15. The van der Waals surface area contributed by atoms with Gasteiger partial charge in [0.05, 0.1) is 16.9 Å². The second kappa shape index (κ2) is 9.79. The van der Waals surface area contributed by atoms with Crippen LogP contribution in [0.4, 0.5) is 0 Å². The third-order valence-corrected chi connectivity index (χ3v) is 10.2. The van der Waals surface area contributed by atoms with Crippen molar-refractivity contribution in [3.63, 3.8) is 0 Å². The number of fused-ring (bicyclic) bond motifs is 8. The molecule has 7 aromatic rings. The Hall–Kier alpha value is -4.99. The average molecular weight is 567 g/mol. The van der Waals surface area contributed by atoms with E-state index < -0.39 is 0 Å². The van der Waals surface area contributed by atoms with Crippen molar-refractivity contribution in [1.29, 1.82) is 0 Å². The molecule has 9 rings (SSSR count). The van der Waals surface area contributed by atoms with Crippen LogP contribution in [-0.2, 0) is 0 Å². The first-order valence-corrected chi connectivity index (χ1v) is 15.6. The van der Waals surface area contributed by atoms with Gasteiger partial charge in [-0.25, -0.2) is 4.98 Å². The smallest absolute Gasteiger partial charge is 0.0788 e. The predicted octanol–water partition coefficient (Wildman–Crippen LogP) is 10.5. The van der Waals surface area contributed by atoms with Crippen molar-refractivity contribution in [1.82, 2.24) is 9.97 Å². The lowest BCUT2D eigenvalue weighted by molar-refractivity contribution is 0.887. The maximum atomic E-state index is 5.15. The number of benzene rings is 5. The van der Waals surface area contributed by atoms with Crippen molar-refractivity contribution in [3.8, 4) is 22.5 Å². The zero-order chi connectivity index (χ0) is 28.3. The monoisotopic (exact) mass is 566 g/mol. The van der Waals surface area contributed by atoms with Crippen LogP contribution in [0.25, 0.3) is 60.5 Å². The number of thioether (sulfide) groups is 1. The fourth-order valence-corrected chi connectivity index (χ4v) is 8.17. The van der Waals surface area contributed by atoms with Crippen LogP contribution in [-0.4, -0.2) is 15.2 Å². The lowest BCUT2D eigenvalue weighted by Gasteiger charge is -2.19. The molecule has 0 amide bonds. The highest BCUT2D eigenvalue weighted by atomic mass is 32.2. The molecule has 3 heteroatoms. The number of allylic oxidation sites excluding steroid dienone is 3. The minimum Gasteiger partial charge on any atom is -0.256 e. The van der Waals surface area contributed by atoms with Gasteiger partial charge in [-0.2, -0.15) is 0 Å². The van der Waals surface area contributed by atoms with Gasteiger partial charge in [0.2, 0.25) is 0 Å². The van der Waals surface area contributed by atoms with E-state index in [0.717, 1.165) is 33.4 Å². The van der Waals surface area contributed by atoms with Crippen LogP contribution in [0.2, 0.25) is 0 Å². The van der Waals surface area contributed by atoms with Crippen LogP contribution in [0.3, 0.4) is 0 Å². The van der Waals surface area contributed by atoms with E-state index in [0.29, 0.717) is 11.2 Å². The largest absolute Gasteiger partial charge is 0.256 e. The molecule has 43 heavy (non-hydrogen) atoms. The number of pyridine rings is 2. The number of hydrogen-bond donors (Lipinski definition) is 0. The summed E-state index contributed by atoms with van der Waals surface area (Å²) in [6.45, 7) is 0. The van der Waals surface area contributed by atoms with Crippen molar-refractivity contribution < 1.29 is 0 Å². The Morgan fingerprint density at radius 1 is 0.628 bits per heavy atom. The van der Waals surface area contributed by atoms with Gasteiger partial charge < -0.3 is 0 Å². The number of hydrogen-bond acceptors (Lipinski definition) is 3. The van der Waals surface area contributed by atoms with Gasteiger partial charge in [-0.15, -0.1) is 11.8 Å². The van der Waals surface area contributed by atoms with Gasteiger partial charge in [0.1, 0.15) is 0 Å². The number of nitrogens with zero attached hydrogens (tertiary/aromatic N) is 2. The van der Waals surface area contributed by atoms with E-state index in [4.69, 9.17) is 9.97 Å². The van der Waals surface area contributed by atoms with E-state index in [-0.39, 0.29) is 0 Å². The number of aromatic nitrogens is 2. The van der Waals surface area contributed by atoms with Crippen molar-refractivity contribution in [2.45, 2.75) is 16.1 Å². The molecule has 202 valence electrons. The Kier molecular flexibility index (Phi) is 5.60. The fourth-order valence-electron chi connectivity index (χ4n) is 6.69. The van der Waals surface area contributed by atoms with Gasteiger partial charge >= 0.3 is 0 Å². The van der Waals surface area contributed by atoms with Crippen LogP contribution in [0.1, 0.15) is 17.0 Å². The molecule has 0 bridgehead atoms. The maximum absolute atomic E-state index is 5.15. The van der Waals surface area contributed by atoms with Gasteiger partial charge in [0.15, 0.2) is 0 Å². The van der Waals surface area contributed by atoms with Crippen molar-refractivity contribution in [2.24, 2.45) is 0 Å². The summed E-state index contributed by atoms with van der Waals surface area (Å²) < 4.78 is 0. The first kappa shape index (κ1) is 24.6. The molecule has 2 aromatic heterocycles. The lowest BCUT2D eigenvalue weighted by atomic mass is 9.85. The molecule has 0 saturated carbocycles. The standard InChI is InChI=1S/C40H26N2S/c1-3-9-25(10-4-1)36-23-29-16-15-27(21-30(29)24-41-36)28-17-20-37-34(22-28)31-18-19-33-38(40(31)43-37)32-13-7-8-14-35(32)42-39(33)26-11-5-2-6-12-26/h1-24,34,37H. The van der Waals surface area contributed by atoms with Crippen molar-refractivity contribution in [2.75, 3.05) is 0 Å². The molecule has 2 atom stereocenters. The van der Waals surface area contributed by atoms with Gasteiger partial charge in [-0.1, -0.05) is 121 Å². The molecule has 2 aliphatic rings. The molecule has 0 saturated heterocycles. The topological polar surface area (TPSA) is 25.8 Å². The van der Waals surface area contributed by atoms with Crippen molar-refractivity contribution in [3.05, 3.63) is 157 Å². The Bertz CT molecular complexity index is 2270. The first-order chi connectivity index (χ1) is 21.3. The third kappa shape index (κ3) is 4.04. The molecule has 0 N–H and O–H groups in total. The van der Waals surface area contributed by atoms with Gasteiger partial charge in [0, 0.05) is 54.9 Å². The molecule has 1 aliphatic heterocycles. The zero-order valence-electron chi connectivity index (χ0n) is 23.3. The molecular weight excluding hydrogens is 541 g/mol. The second-order valence-electron chi connectivity index (χ2n) is 11.3. The van der Waals surface area contributed by atoms with E-state index in [1.54, 1.807) is 0 Å². The highest BCUT2D eigenvalue weighted by Crippen LogP contribution is 2.54. The van der Waals surface area contributed by atoms with Gasteiger partial charge in [-0.05, 0) is 40.3 Å². The summed E-state index contributed by atoms with van der Waals surface area (Å²) >= 11 is 2.00. The fraction of sp³-hybridized carbons (Fsp3) is 0.0500. The number of para-hydroxylation sites is 1. The predicted molar refractivity (Wildman–Crippen MR) is 181 cm³/mol. The summed E-state index contributed by atoms with van der Waals surface area (Å²) in [7, 11) is 0. The normalized spacial score (nSPS) is 17.3. The SMILES string of the molecule is C1=CC2Sc3c(ccc4c(-c5ccccc5)nc5ccccc5c34)C2C=C1c1ccc2cc(-c3ccccc3)ncc2c1. The lowest BCUT2D eigenvalue weighted by Crippen LogP contribution is -2.08. The van der Waals surface area contributed by atoms with Crippen LogP contribution >= 0.6 is 11.8 Å². The summed E-state index contributed by atoms with van der Waals surface area (Å²) in [4.78, 5) is 11.3. The highest BCUT2D eigenvalue weighted by Gasteiger charge is 2.34. The van der Waals surface area contributed by atoms with Gasteiger partial charge in [0.25, 0.3) is 0 Å². The van der Waals surface area contributed by atoms with E-state index in [9.17, 15) is 0 Å². The molecule has 2 unspecified atom stereocenters. The Morgan fingerprint density at radius 2 is 1.42 bits per heavy atom.